The molecule has 0 aliphatic carbocycles. The quantitative estimate of drug-likeness (QED) is 0.787. The molecule has 1 saturated heterocycles. The molecule has 1 aromatic carbocycles. The molecule has 1 aromatic heterocycles. The standard InChI is InChI=1S/C17H21N3O2S/c21-14-4-2-1-3-12(14)5-6-16(22)20-17-19-11-15(23-17)13-7-9-18-10-8-13/h1-4,11,13,18,21H,5-10H2,(H,19,20,22). The molecule has 1 fully saturated rings. The van der Waals surface area contributed by atoms with Gasteiger partial charge in [0.05, 0.1) is 0 Å². The highest BCUT2D eigenvalue weighted by molar-refractivity contribution is 7.15. The van der Waals surface area contributed by atoms with E-state index in [1.165, 1.54) is 4.88 Å². The van der Waals surface area contributed by atoms with Crippen molar-refractivity contribution in [2.24, 2.45) is 0 Å². The first-order valence-corrected chi connectivity index (χ1v) is 8.77. The molecule has 0 atom stereocenters. The number of rotatable bonds is 5. The van der Waals surface area contributed by atoms with Gasteiger partial charge in [-0.15, -0.1) is 11.3 Å². The number of phenolic OH excluding ortho intramolecular Hbond substituents is 1. The minimum Gasteiger partial charge on any atom is -0.508 e. The van der Waals surface area contributed by atoms with E-state index in [2.05, 4.69) is 15.6 Å². The number of benzene rings is 1. The third kappa shape index (κ3) is 4.30. The SMILES string of the molecule is O=C(CCc1ccccc1O)Nc1ncc(C2CCNCC2)s1. The molecule has 0 saturated carbocycles. The number of carbonyl (C=O) groups excluding carboxylic acids is 1. The predicted octanol–water partition coefficient (Wildman–Crippen LogP) is 2.89. The highest BCUT2D eigenvalue weighted by atomic mass is 32.1. The van der Waals surface area contributed by atoms with E-state index in [-0.39, 0.29) is 11.7 Å². The summed E-state index contributed by atoms with van der Waals surface area (Å²) in [6.07, 6.45) is 5.00. The average molecular weight is 331 g/mol. The summed E-state index contributed by atoms with van der Waals surface area (Å²) in [4.78, 5) is 17.6. The van der Waals surface area contributed by atoms with Gasteiger partial charge in [-0.3, -0.25) is 4.79 Å². The van der Waals surface area contributed by atoms with Gasteiger partial charge in [0.1, 0.15) is 5.75 Å². The number of hydrogen-bond donors (Lipinski definition) is 3. The van der Waals surface area contributed by atoms with Crippen LogP contribution in [-0.4, -0.2) is 29.1 Å². The molecule has 1 amide bonds. The van der Waals surface area contributed by atoms with Crippen LogP contribution in [0.15, 0.2) is 30.5 Å². The maximum absolute atomic E-state index is 12.0. The number of anilines is 1. The number of phenols is 1. The Labute approximate surface area is 139 Å². The van der Waals surface area contributed by atoms with Crippen molar-refractivity contribution < 1.29 is 9.90 Å². The molecule has 0 radical (unpaired) electrons. The summed E-state index contributed by atoms with van der Waals surface area (Å²) >= 11 is 1.57. The Hall–Kier alpha value is -1.92. The number of amides is 1. The van der Waals surface area contributed by atoms with E-state index in [0.717, 1.165) is 31.5 Å². The molecule has 3 N–H and O–H groups in total. The second-order valence-corrected chi connectivity index (χ2v) is 6.83. The number of carbonyl (C=O) groups is 1. The average Bonchev–Trinajstić information content (AvgIpc) is 3.03. The van der Waals surface area contributed by atoms with E-state index in [0.29, 0.717) is 23.9 Å². The number of aromatic nitrogens is 1. The summed E-state index contributed by atoms with van der Waals surface area (Å²) in [6.45, 7) is 2.09. The van der Waals surface area contributed by atoms with Crippen LogP contribution in [-0.2, 0) is 11.2 Å². The Bertz CT molecular complexity index is 665. The van der Waals surface area contributed by atoms with Crippen LogP contribution in [0.3, 0.4) is 0 Å². The third-order valence-electron chi connectivity index (χ3n) is 4.12. The van der Waals surface area contributed by atoms with Crippen molar-refractivity contribution in [1.29, 1.82) is 0 Å². The molecule has 1 aliphatic rings. The van der Waals surface area contributed by atoms with Gasteiger partial charge in [0.2, 0.25) is 5.91 Å². The maximum Gasteiger partial charge on any atom is 0.226 e. The summed E-state index contributed by atoms with van der Waals surface area (Å²) in [5.74, 6) is 0.725. The first kappa shape index (κ1) is 16.0. The smallest absolute Gasteiger partial charge is 0.226 e. The molecule has 3 rings (SSSR count). The normalized spacial score (nSPS) is 15.5. The number of aromatic hydroxyl groups is 1. The molecule has 0 spiro atoms. The molecule has 5 nitrogen and oxygen atoms in total. The Morgan fingerprint density at radius 3 is 2.91 bits per heavy atom. The molecule has 23 heavy (non-hydrogen) atoms. The number of nitrogens with zero attached hydrogens (tertiary/aromatic N) is 1. The fourth-order valence-electron chi connectivity index (χ4n) is 2.79. The van der Waals surface area contributed by atoms with Crippen LogP contribution < -0.4 is 10.6 Å². The fraction of sp³-hybridized carbons (Fsp3) is 0.412. The Morgan fingerprint density at radius 2 is 2.13 bits per heavy atom. The van der Waals surface area contributed by atoms with Crippen LogP contribution in [0.4, 0.5) is 5.13 Å². The summed E-state index contributed by atoms with van der Waals surface area (Å²) in [5, 5.41) is 16.6. The molecular weight excluding hydrogens is 310 g/mol. The van der Waals surface area contributed by atoms with Crippen LogP contribution in [0.1, 0.15) is 35.6 Å². The highest BCUT2D eigenvalue weighted by Crippen LogP contribution is 2.31. The lowest BCUT2D eigenvalue weighted by atomic mass is 9.97. The van der Waals surface area contributed by atoms with E-state index >= 15 is 0 Å². The number of piperidine rings is 1. The topological polar surface area (TPSA) is 74.2 Å². The third-order valence-corrected chi connectivity index (χ3v) is 5.20. The van der Waals surface area contributed by atoms with E-state index < -0.39 is 0 Å². The van der Waals surface area contributed by atoms with Crippen molar-refractivity contribution >= 4 is 22.4 Å². The molecule has 0 unspecified atom stereocenters. The second-order valence-electron chi connectivity index (χ2n) is 5.77. The number of thiazole rings is 1. The van der Waals surface area contributed by atoms with Crippen molar-refractivity contribution in [2.45, 2.75) is 31.6 Å². The van der Waals surface area contributed by atoms with Crippen LogP contribution in [0.25, 0.3) is 0 Å². The minimum absolute atomic E-state index is 0.0699. The lowest BCUT2D eigenvalue weighted by Gasteiger charge is -2.20. The summed E-state index contributed by atoms with van der Waals surface area (Å²) < 4.78 is 0. The number of nitrogens with one attached hydrogen (secondary N) is 2. The monoisotopic (exact) mass is 331 g/mol. The highest BCUT2D eigenvalue weighted by Gasteiger charge is 2.18. The van der Waals surface area contributed by atoms with Crippen LogP contribution in [0, 0.1) is 0 Å². The van der Waals surface area contributed by atoms with Crippen molar-refractivity contribution in [3.05, 3.63) is 40.9 Å². The van der Waals surface area contributed by atoms with Gasteiger partial charge in [0.15, 0.2) is 5.13 Å². The summed E-state index contributed by atoms with van der Waals surface area (Å²) in [5.41, 5.74) is 0.789. The zero-order valence-electron chi connectivity index (χ0n) is 12.9. The van der Waals surface area contributed by atoms with E-state index in [4.69, 9.17) is 0 Å². The van der Waals surface area contributed by atoms with Gasteiger partial charge >= 0.3 is 0 Å². The molecule has 2 heterocycles. The van der Waals surface area contributed by atoms with Crippen molar-refractivity contribution in [3.8, 4) is 5.75 Å². The van der Waals surface area contributed by atoms with Gasteiger partial charge in [-0.1, -0.05) is 18.2 Å². The largest absolute Gasteiger partial charge is 0.508 e. The van der Waals surface area contributed by atoms with E-state index in [9.17, 15) is 9.90 Å². The predicted molar refractivity (Wildman–Crippen MR) is 92.0 cm³/mol. The molecule has 0 bridgehead atoms. The minimum atomic E-state index is -0.0699. The number of aryl methyl sites for hydroxylation is 1. The van der Waals surface area contributed by atoms with Gasteiger partial charge in [-0.05, 0) is 49.9 Å². The number of para-hydroxylation sites is 1. The molecular formula is C17H21N3O2S. The Kier molecular flexibility index (Phi) is 5.25. The molecule has 6 heteroatoms. The van der Waals surface area contributed by atoms with Gasteiger partial charge < -0.3 is 15.7 Å². The maximum atomic E-state index is 12.0. The number of hydrogen-bond acceptors (Lipinski definition) is 5. The molecule has 122 valence electrons. The van der Waals surface area contributed by atoms with Gasteiger partial charge in [0, 0.05) is 17.5 Å². The van der Waals surface area contributed by atoms with Crippen molar-refractivity contribution in [2.75, 3.05) is 18.4 Å². The lowest BCUT2D eigenvalue weighted by Crippen LogP contribution is -2.26. The van der Waals surface area contributed by atoms with E-state index in [1.54, 1.807) is 23.5 Å². The summed E-state index contributed by atoms with van der Waals surface area (Å²) in [7, 11) is 0. The zero-order valence-corrected chi connectivity index (χ0v) is 13.7. The first-order valence-electron chi connectivity index (χ1n) is 7.95. The van der Waals surface area contributed by atoms with Crippen LogP contribution in [0.5, 0.6) is 5.75 Å². The van der Waals surface area contributed by atoms with Crippen LogP contribution >= 0.6 is 11.3 Å². The molecule has 1 aliphatic heterocycles. The van der Waals surface area contributed by atoms with Crippen molar-refractivity contribution in [1.82, 2.24) is 10.3 Å². The Balaban J connectivity index is 1.52. The molecule has 2 aromatic rings. The van der Waals surface area contributed by atoms with E-state index in [1.807, 2.05) is 18.3 Å². The van der Waals surface area contributed by atoms with Crippen molar-refractivity contribution in [3.63, 3.8) is 0 Å². The van der Waals surface area contributed by atoms with Gasteiger partial charge in [-0.2, -0.15) is 0 Å². The zero-order chi connectivity index (χ0) is 16.1. The lowest BCUT2D eigenvalue weighted by molar-refractivity contribution is -0.116. The first-order chi connectivity index (χ1) is 11.2. The summed E-state index contributed by atoms with van der Waals surface area (Å²) in [6, 6.07) is 7.11. The fourth-order valence-corrected chi connectivity index (χ4v) is 3.79. The Morgan fingerprint density at radius 1 is 1.35 bits per heavy atom. The van der Waals surface area contributed by atoms with Crippen LogP contribution in [0.2, 0.25) is 0 Å². The van der Waals surface area contributed by atoms with Gasteiger partial charge in [0.25, 0.3) is 0 Å². The van der Waals surface area contributed by atoms with Gasteiger partial charge in [-0.25, -0.2) is 4.98 Å². The second kappa shape index (κ2) is 7.57.